The van der Waals surface area contributed by atoms with Crippen LogP contribution in [0.15, 0.2) is 23.1 Å². The van der Waals surface area contributed by atoms with Gasteiger partial charge in [-0.3, -0.25) is 0 Å². The average Bonchev–Trinajstić information content (AvgIpc) is 2.96. The molecule has 7 heteroatoms. The van der Waals surface area contributed by atoms with Gasteiger partial charge in [0.1, 0.15) is 13.2 Å². The number of fused-ring (bicyclic) bond motifs is 1. The summed E-state index contributed by atoms with van der Waals surface area (Å²) in [7, 11) is -3.44. The Morgan fingerprint density at radius 2 is 2.00 bits per heavy atom. The smallest absolute Gasteiger partial charge is 0.243 e. The lowest BCUT2D eigenvalue weighted by atomic mass is 10.2. The van der Waals surface area contributed by atoms with E-state index in [1.807, 2.05) is 0 Å². The van der Waals surface area contributed by atoms with Gasteiger partial charge in [0.2, 0.25) is 10.0 Å². The number of benzene rings is 1. The highest BCUT2D eigenvalue weighted by molar-refractivity contribution is 9.09. The third kappa shape index (κ3) is 2.54. The molecular weight excluding hydrogens is 346 g/mol. The summed E-state index contributed by atoms with van der Waals surface area (Å²) in [5, 5.41) is 0.833. The molecule has 1 saturated heterocycles. The SMILES string of the molecule is O=S(=O)(c1ccc2c(c1)OCCO2)N1CCC(CBr)C1. The van der Waals surface area contributed by atoms with Gasteiger partial charge in [0, 0.05) is 24.5 Å². The van der Waals surface area contributed by atoms with Gasteiger partial charge in [0.25, 0.3) is 0 Å². The summed E-state index contributed by atoms with van der Waals surface area (Å²) in [5.74, 6) is 1.51. The topological polar surface area (TPSA) is 55.8 Å². The lowest BCUT2D eigenvalue weighted by molar-refractivity contribution is 0.171. The summed E-state index contributed by atoms with van der Waals surface area (Å²) in [6.07, 6.45) is 0.898. The van der Waals surface area contributed by atoms with Gasteiger partial charge in [-0.25, -0.2) is 8.42 Å². The number of sulfonamides is 1. The molecule has 20 heavy (non-hydrogen) atoms. The Balaban J connectivity index is 1.88. The van der Waals surface area contributed by atoms with Crippen LogP contribution >= 0.6 is 15.9 Å². The summed E-state index contributed by atoms with van der Waals surface area (Å²) in [4.78, 5) is 0.275. The quantitative estimate of drug-likeness (QED) is 0.771. The van der Waals surface area contributed by atoms with Gasteiger partial charge in [-0.15, -0.1) is 0 Å². The highest BCUT2D eigenvalue weighted by Crippen LogP contribution is 2.34. The molecule has 2 heterocycles. The summed E-state index contributed by atoms with van der Waals surface area (Å²) in [6, 6.07) is 4.81. The van der Waals surface area contributed by atoms with Crippen LogP contribution in [0.25, 0.3) is 0 Å². The van der Waals surface area contributed by atoms with Crippen molar-refractivity contribution >= 4 is 26.0 Å². The van der Waals surface area contributed by atoms with Crippen LogP contribution in [0.1, 0.15) is 6.42 Å². The highest BCUT2D eigenvalue weighted by atomic mass is 79.9. The molecule has 2 aliphatic heterocycles. The molecule has 3 rings (SSSR count). The Labute approximate surface area is 127 Å². The summed E-state index contributed by atoms with van der Waals surface area (Å²) in [5.41, 5.74) is 0. The van der Waals surface area contributed by atoms with E-state index in [1.165, 1.54) is 0 Å². The van der Waals surface area contributed by atoms with Gasteiger partial charge >= 0.3 is 0 Å². The Kier molecular flexibility index (Phi) is 3.92. The van der Waals surface area contributed by atoms with Gasteiger partial charge in [0.05, 0.1) is 4.90 Å². The van der Waals surface area contributed by atoms with Crippen LogP contribution in [0.4, 0.5) is 0 Å². The average molecular weight is 362 g/mol. The molecule has 110 valence electrons. The molecule has 0 bridgehead atoms. The van der Waals surface area contributed by atoms with Gasteiger partial charge in [0.15, 0.2) is 11.5 Å². The molecule has 0 N–H and O–H groups in total. The summed E-state index contributed by atoms with van der Waals surface area (Å²) in [6.45, 7) is 2.10. The van der Waals surface area contributed by atoms with Crippen molar-refractivity contribution in [3.63, 3.8) is 0 Å². The van der Waals surface area contributed by atoms with Crippen molar-refractivity contribution in [3.8, 4) is 11.5 Å². The van der Waals surface area contributed by atoms with E-state index in [0.717, 1.165) is 11.8 Å². The van der Waals surface area contributed by atoms with Crippen LogP contribution in [-0.4, -0.2) is 44.4 Å². The monoisotopic (exact) mass is 361 g/mol. The minimum absolute atomic E-state index is 0.275. The number of hydrogen-bond donors (Lipinski definition) is 0. The number of alkyl halides is 1. The first kappa shape index (κ1) is 14.2. The molecule has 0 aromatic heterocycles. The van der Waals surface area contributed by atoms with E-state index >= 15 is 0 Å². The number of nitrogens with zero attached hydrogens (tertiary/aromatic N) is 1. The van der Waals surface area contributed by atoms with E-state index in [-0.39, 0.29) is 4.90 Å². The molecule has 1 aromatic carbocycles. The van der Waals surface area contributed by atoms with E-state index in [0.29, 0.717) is 43.7 Å². The predicted octanol–water partition coefficient (Wildman–Crippen LogP) is 1.86. The number of ether oxygens (including phenoxy) is 2. The molecule has 2 aliphatic rings. The van der Waals surface area contributed by atoms with Crippen molar-refractivity contribution in [1.82, 2.24) is 4.31 Å². The Bertz CT molecular complexity index is 604. The molecule has 0 spiro atoms. The number of hydrogen-bond acceptors (Lipinski definition) is 4. The number of halogens is 1. The molecule has 1 unspecified atom stereocenters. The van der Waals surface area contributed by atoms with E-state index in [1.54, 1.807) is 22.5 Å². The van der Waals surface area contributed by atoms with Crippen LogP contribution < -0.4 is 9.47 Å². The lowest BCUT2D eigenvalue weighted by Gasteiger charge is -2.21. The molecule has 0 aliphatic carbocycles. The minimum Gasteiger partial charge on any atom is -0.486 e. The molecule has 1 aromatic rings. The first-order valence-electron chi connectivity index (χ1n) is 6.57. The molecule has 1 fully saturated rings. The maximum Gasteiger partial charge on any atom is 0.243 e. The van der Waals surface area contributed by atoms with E-state index in [4.69, 9.17) is 9.47 Å². The normalized spacial score (nSPS) is 22.9. The molecule has 0 radical (unpaired) electrons. The lowest BCUT2D eigenvalue weighted by Crippen LogP contribution is -2.29. The zero-order valence-electron chi connectivity index (χ0n) is 10.9. The van der Waals surface area contributed by atoms with Crippen LogP contribution in [0.2, 0.25) is 0 Å². The minimum atomic E-state index is -3.44. The van der Waals surface area contributed by atoms with Crippen LogP contribution in [0.3, 0.4) is 0 Å². The van der Waals surface area contributed by atoms with Crippen molar-refractivity contribution in [2.75, 3.05) is 31.6 Å². The first-order chi connectivity index (χ1) is 9.61. The third-order valence-electron chi connectivity index (χ3n) is 3.62. The fourth-order valence-electron chi connectivity index (χ4n) is 2.47. The molecule has 0 saturated carbocycles. The molecule has 5 nitrogen and oxygen atoms in total. The van der Waals surface area contributed by atoms with Gasteiger partial charge in [-0.1, -0.05) is 15.9 Å². The maximum absolute atomic E-state index is 12.6. The maximum atomic E-state index is 12.6. The Morgan fingerprint density at radius 1 is 1.25 bits per heavy atom. The second kappa shape index (κ2) is 5.54. The molecular formula is C13H16BrNO4S. The Morgan fingerprint density at radius 3 is 2.70 bits per heavy atom. The number of rotatable bonds is 3. The van der Waals surface area contributed by atoms with Crippen molar-refractivity contribution in [3.05, 3.63) is 18.2 Å². The van der Waals surface area contributed by atoms with E-state index in [2.05, 4.69) is 15.9 Å². The second-order valence-electron chi connectivity index (χ2n) is 4.98. The van der Waals surface area contributed by atoms with E-state index < -0.39 is 10.0 Å². The molecule has 1 atom stereocenters. The predicted molar refractivity (Wildman–Crippen MR) is 78.1 cm³/mol. The van der Waals surface area contributed by atoms with Gasteiger partial charge in [-0.05, 0) is 24.5 Å². The third-order valence-corrected chi connectivity index (χ3v) is 6.40. The van der Waals surface area contributed by atoms with Crippen molar-refractivity contribution in [2.45, 2.75) is 11.3 Å². The van der Waals surface area contributed by atoms with Gasteiger partial charge < -0.3 is 9.47 Å². The molecule has 0 amide bonds. The zero-order chi connectivity index (χ0) is 14.2. The largest absolute Gasteiger partial charge is 0.486 e. The second-order valence-corrected chi connectivity index (χ2v) is 7.56. The van der Waals surface area contributed by atoms with Crippen LogP contribution in [0, 0.1) is 5.92 Å². The van der Waals surface area contributed by atoms with Crippen molar-refractivity contribution in [1.29, 1.82) is 0 Å². The van der Waals surface area contributed by atoms with Crippen molar-refractivity contribution < 1.29 is 17.9 Å². The van der Waals surface area contributed by atoms with Crippen LogP contribution in [0.5, 0.6) is 11.5 Å². The first-order valence-corrected chi connectivity index (χ1v) is 9.13. The van der Waals surface area contributed by atoms with Gasteiger partial charge in [-0.2, -0.15) is 4.31 Å². The highest BCUT2D eigenvalue weighted by Gasteiger charge is 2.32. The van der Waals surface area contributed by atoms with Crippen molar-refractivity contribution in [2.24, 2.45) is 5.92 Å². The van der Waals surface area contributed by atoms with Crippen LogP contribution in [-0.2, 0) is 10.0 Å². The fourth-order valence-corrected chi connectivity index (χ4v) is 4.55. The zero-order valence-corrected chi connectivity index (χ0v) is 13.3. The summed E-state index contributed by atoms with van der Waals surface area (Å²) < 4.78 is 37.6. The summed E-state index contributed by atoms with van der Waals surface area (Å²) >= 11 is 3.42. The Hall–Kier alpha value is -0.790. The van der Waals surface area contributed by atoms with E-state index in [9.17, 15) is 8.42 Å². The standard InChI is InChI=1S/C13H16BrNO4S/c14-8-10-3-4-15(9-10)20(16,17)11-1-2-12-13(7-11)19-6-5-18-12/h1-2,7,10H,3-6,8-9H2. The fraction of sp³-hybridized carbons (Fsp3) is 0.538.